The van der Waals surface area contributed by atoms with Crippen molar-refractivity contribution in [2.75, 3.05) is 56.7 Å². The smallest absolute Gasteiger partial charge is 0.284 e. The lowest BCUT2D eigenvalue weighted by Crippen LogP contribution is -2.40. The molecular weight excluding hydrogens is 803 g/mol. The highest BCUT2D eigenvalue weighted by molar-refractivity contribution is 7.91. The Morgan fingerprint density at radius 3 is 1.93 bits per heavy atom. The van der Waals surface area contributed by atoms with Crippen molar-refractivity contribution in [3.63, 3.8) is 0 Å². The minimum absolute atomic E-state index is 0.115. The van der Waals surface area contributed by atoms with E-state index < -0.39 is 48.4 Å². The number of nitro groups is 1. The number of ether oxygens (including phenoxy) is 1. The van der Waals surface area contributed by atoms with Gasteiger partial charge < -0.3 is 15.0 Å². The van der Waals surface area contributed by atoms with Crippen molar-refractivity contribution in [3.05, 3.63) is 190 Å². The van der Waals surface area contributed by atoms with Gasteiger partial charge in [0.2, 0.25) is 9.84 Å². The molecule has 1 aliphatic rings. The summed E-state index contributed by atoms with van der Waals surface area (Å²) < 4.78 is 63.9. The lowest BCUT2D eigenvalue weighted by atomic mass is 9.77. The number of aromatic nitrogens is 2. The van der Waals surface area contributed by atoms with Crippen molar-refractivity contribution in [1.29, 1.82) is 0 Å². The molecule has 1 saturated heterocycles. The lowest BCUT2D eigenvalue weighted by molar-refractivity contribution is -0.385. The number of likely N-dealkylation sites (N-methyl/N-ethyl adjacent to an activating group) is 1. The summed E-state index contributed by atoms with van der Waals surface area (Å²) in [5, 5.41) is 20.5. The highest BCUT2D eigenvalue weighted by Gasteiger charge is 2.41. The van der Waals surface area contributed by atoms with Gasteiger partial charge in [-0.2, -0.15) is 5.10 Å². The van der Waals surface area contributed by atoms with E-state index in [9.17, 15) is 32.1 Å². The average molecular weight is 843 g/mol. The Hall–Kier alpha value is -6.81. The number of hydrogen-bond donors (Lipinski definition) is 1. The van der Waals surface area contributed by atoms with Crippen LogP contribution >= 0.6 is 0 Å². The van der Waals surface area contributed by atoms with Crippen molar-refractivity contribution in [3.8, 4) is 0 Å². The zero-order chi connectivity index (χ0) is 42.7. The Kier molecular flexibility index (Phi) is 11.4. The standard InChI is InChI=1S/C46H40F2N6O6S/c1-51(21-22-52-23-25-60-26-24-52)37-17-19-40(43(30-37)54(56)57)45(55)49-44-41-31-38(61(58,59)39-28-35(47)27-36(48)29-39)18-20-42(41)53(50-44)46(32-11-5-2-6-12-32,33-13-7-3-8-14-33)34-15-9-4-10-16-34/h2-20,27-31H,21-26H2,1H3,(H,49,50,55). The summed E-state index contributed by atoms with van der Waals surface area (Å²) in [4.78, 5) is 29.5. The maximum Gasteiger partial charge on any atom is 0.284 e. The van der Waals surface area contributed by atoms with Gasteiger partial charge in [-0.1, -0.05) is 91.0 Å². The molecule has 0 bridgehead atoms. The van der Waals surface area contributed by atoms with Gasteiger partial charge in [0.25, 0.3) is 11.6 Å². The van der Waals surface area contributed by atoms with Crippen LogP contribution in [0.3, 0.4) is 0 Å². The summed E-state index contributed by atoms with van der Waals surface area (Å²) in [5.41, 5.74) is 1.27. The second-order valence-corrected chi connectivity index (χ2v) is 16.6. The van der Waals surface area contributed by atoms with Gasteiger partial charge in [0.05, 0.1) is 33.4 Å². The van der Waals surface area contributed by atoms with E-state index in [0.29, 0.717) is 43.6 Å². The molecule has 61 heavy (non-hydrogen) atoms. The van der Waals surface area contributed by atoms with E-state index in [1.165, 1.54) is 30.3 Å². The molecule has 1 fully saturated rings. The predicted molar refractivity (Wildman–Crippen MR) is 228 cm³/mol. The zero-order valence-electron chi connectivity index (χ0n) is 32.9. The molecule has 6 aromatic carbocycles. The summed E-state index contributed by atoms with van der Waals surface area (Å²) in [6, 6.07) is 39.1. The van der Waals surface area contributed by atoms with Crippen LogP contribution in [0, 0.1) is 21.7 Å². The van der Waals surface area contributed by atoms with E-state index >= 15 is 0 Å². The van der Waals surface area contributed by atoms with Crippen LogP contribution in [0.15, 0.2) is 155 Å². The molecule has 1 aromatic heterocycles. The normalized spacial score (nSPS) is 13.6. The third kappa shape index (κ3) is 7.98. The minimum Gasteiger partial charge on any atom is -0.379 e. The topological polar surface area (TPSA) is 140 Å². The van der Waals surface area contributed by atoms with E-state index in [0.717, 1.165) is 41.9 Å². The second-order valence-electron chi connectivity index (χ2n) is 14.6. The fourth-order valence-corrected chi connectivity index (χ4v) is 9.19. The van der Waals surface area contributed by atoms with Crippen molar-refractivity contribution in [2.24, 2.45) is 0 Å². The molecule has 0 aliphatic carbocycles. The molecule has 1 N–H and O–H groups in total. The van der Waals surface area contributed by atoms with Gasteiger partial charge in [-0.05, 0) is 59.2 Å². The Morgan fingerprint density at radius 2 is 1.38 bits per heavy atom. The Labute approximate surface area is 350 Å². The molecule has 0 atom stereocenters. The van der Waals surface area contributed by atoms with E-state index in [1.54, 1.807) is 10.7 Å². The number of morpholine rings is 1. The van der Waals surface area contributed by atoms with Crippen molar-refractivity contribution in [2.45, 2.75) is 15.3 Å². The van der Waals surface area contributed by atoms with Gasteiger partial charge in [0.15, 0.2) is 5.82 Å². The number of rotatable bonds is 13. The molecule has 12 nitrogen and oxygen atoms in total. The van der Waals surface area contributed by atoms with Gasteiger partial charge in [0, 0.05) is 56.4 Å². The molecule has 0 radical (unpaired) electrons. The van der Waals surface area contributed by atoms with Gasteiger partial charge in [-0.15, -0.1) is 0 Å². The monoisotopic (exact) mass is 842 g/mol. The number of nitrogens with zero attached hydrogens (tertiary/aromatic N) is 5. The SMILES string of the molecule is CN(CCN1CCOCC1)c1ccc(C(=O)Nc2nn(C(c3ccccc3)(c3ccccc3)c3ccccc3)c3ccc(S(=O)(=O)c4cc(F)cc(F)c4)cc23)c([N+](=O)[O-])c1. The van der Waals surface area contributed by atoms with Gasteiger partial charge >= 0.3 is 0 Å². The lowest BCUT2D eigenvalue weighted by Gasteiger charge is -2.37. The van der Waals surface area contributed by atoms with Crippen molar-refractivity contribution < 1.29 is 31.7 Å². The highest BCUT2D eigenvalue weighted by atomic mass is 32.2. The summed E-state index contributed by atoms with van der Waals surface area (Å²) in [6.45, 7) is 4.15. The number of carbonyl (C=O) groups is 1. The second kappa shape index (κ2) is 17.0. The van der Waals surface area contributed by atoms with Crippen LogP contribution in [0.1, 0.15) is 27.0 Å². The fraction of sp³-hybridized carbons (Fsp3) is 0.174. The number of hydrogen-bond acceptors (Lipinski definition) is 9. The first kappa shape index (κ1) is 40.9. The maximum atomic E-state index is 14.4. The number of amides is 1. The first-order valence-electron chi connectivity index (χ1n) is 19.5. The number of sulfone groups is 1. The molecule has 1 amide bonds. The number of halogens is 2. The van der Waals surface area contributed by atoms with Crippen LogP contribution in [-0.4, -0.2) is 80.4 Å². The van der Waals surface area contributed by atoms with E-state index in [-0.39, 0.29) is 21.7 Å². The van der Waals surface area contributed by atoms with Crippen LogP contribution in [0.2, 0.25) is 0 Å². The number of carbonyl (C=O) groups excluding carboxylic acids is 1. The molecule has 15 heteroatoms. The fourth-order valence-electron chi connectivity index (χ4n) is 7.86. The summed E-state index contributed by atoms with van der Waals surface area (Å²) in [7, 11) is -2.71. The predicted octanol–water partition coefficient (Wildman–Crippen LogP) is 7.92. The van der Waals surface area contributed by atoms with Crippen LogP contribution in [0.5, 0.6) is 0 Å². The summed E-state index contributed by atoms with van der Waals surface area (Å²) >= 11 is 0. The number of benzene rings is 6. The van der Waals surface area contributed by atoms with Gasteiger partial charge in [-0.25, -0.2) is 21.9 Å². The molecule has 8 rings (SSSR count). The average Bonchev–Trinajstić information content (AvgIpc) is 3.63. The molecular formula is C46H40F2N6O6S. The largest absolute Gasteiger partial charge is 0.379 e. The Bertz CT molecular complexity index is 2720. The van der Waals surface area contributed by atoms with Crippen molar-refractivity contribution >= 4 is 43.8 Å². The van der Waals surface area contributed by atoms with E-state index in [4.69, 9.17) is 9.84 Å². The van der Waals surface area contributed by atoms with Crippen LogP contribution in [-0.2, 0) is 20.1 Å². The third-order valence-electron chi connectivity index (χ3n) is 11.0. The molecule has 0 unspecified atom stereocenters. The van der Waals surface area contributed by atoms with Crippen LogP contribution < -0.4 is 10.2 Å². The number of nitrogens with one attached hydrogen (secondary N) is 1. The summed E-state index contributed by atoms with van der Waals surface area (Å²) in [5.74, 6) is -3.13. The van der Waals surface area contributed by atoms with E-state index in [1.807, 2.05) is 103 Å². The first-order valence-corrected chi connectivity index (χ1v) is 21.0. The van der Waals surface area contributed by atoms with Gasteiger partial charge in [-0.3, -0.25) is 19.8 Å². The maximum absolute atomic E-state index is 14.4. The van der Waals surface area contributed by atoms with Gasteiger partial charge in [0.1, 0.15) is 22.7 Å². The number of anilines is 2. The quantitative estimate of drug-likeness (QED) is 0.0697. The minimum atomic E-state index is -4.53. The molecule has 2 heterocycles. The van der Waals surface area contributed by atoms with Crippen molar-refractivity contribution in [1.82, 2.24) is 14.7 Å². The zero-order valence-corrected chi connectivity index (χ0v) is 33.8. The highest BCUT2D eigenvalue weighted by Crippen LogP contribution is 2.44. The van der Waals surface area contributed by atoms with E-state index in [2.05, 4.69) is 10.2 Å². The Morgan fingerprint density at radius 1 is 0.803 bits per heavy atom. The number of nitro benzene ring substituents is 1. The Balaban J connectivity index is 1.29. The molecule has 310 valence electrons. The molecule has 7 aromatic rings. The molecule has 1 aliphatic heterocycles. The summed E-state index contributed by atoms with van der Waals surface area (Å²) in [6.07, 6.45) is 0. The van der Waals surface area contributed by atoms with Crippen LogP contribution in [0.4, 0.5) is 26.0 Å². The molecule has 0 saturated carbocycles. The molecule has 0 spiro atoms. The first-order chi connectivity index (χ1) is 29.5. The van der Waals surface area contributed by atoms with Crippen LogP contribution in [0.25, 0.3) is 10.9 Å². The number of fused-ring (bicyclic) bond motifs is 1. The third-order valence-corrected chi connectivity index (χ3v) is 12.7.